The summed E-state index contributed by atoms with van der Waals surface area (Å²) in [4.78, 5) is 38.4. The number of aryl methyl sites for hydroxylation is 1. The zero-order valence-electron chi connectivity index (χ0n) is 14.6. The van der Waals surface area contributed by atoms with Crippen molar-refractivity contribution in [3.63, 3.8) is 0 Å². The third kappa shape index (κ3) is 3.70. The molecule has 3 atom stereocenters. The van der Waals surface area contributed by atoms with Crippen LogP contribution in [0.2, 0.25) is 0 Å². The number of aromatic amines is 1. The highest BCUT2D eigenvalue weighted by atomic mass is 16.6. The molecule has 27 heavy (non-hydrogen) atoms. The minimum atomic E-state index is -1.55. The molecule has 1 aromatic heterocycles. The summed E-state index contributed by atoms with van der Waals surface area (Å²) >= 11 is 0. The van der Waals surface area contributed by atoms with Crippen molar-refractivity contribution in [3.8, 4) is 0 Å². The summed E-state index contributed by atoms with van der Waals surface area (Å²) < 4.78 is 12.1. The zero-order valence-corrected chi connectivity index (χ0v) is 14.6. The monoisotopic (exact) mass is 376 g/mol. The second-order valence-electron chi connectivity index (χ2n) is 6.44. The van der Waals surface area contributed by atoms with E-state index in [1.165, 1.54) is 13.1 Å². The number of hydrogen-bond acceptors (Lipinski definition) is 7. The number of aliphatic hydroxyl groups is 2. The van der Waals surface area contributed by atoms with Gasteiger partial charge in [0.05, 0.1) is 18.3 Å². The Bertz CT molecular complexity index is 937. The smallest absolute Gasteiger partial charge is 0.338 e. The molecule has 2 aromatic rings. The topological polar surface area (TPSA) is 131 Å². The summed E-state index contributed by atoms with van der Waals surface area (Å²) in [6.45, 7) is 0.639. The second-order valence-corrected chi connectivity index (χ2v) is 6.44. The lowest BCUT2D eigenvalue weighted by Gasteiger charge is -2.30. The fourth-order valence-corrected chi connectivity index (χ4v) is 3.05. The van der Waals surface area contributed by atoms with E-state index in [0.717, 1.165) is 4.57 Å². The normalized spacial score (nSPS) is 24.7. The summed E-state index contributed by atoms with van der Waals surface area (Å²) in [7, 11) is 0. The summed E-state index contributed by atoms with van der Waals surface area (Å²) in [5.41, 5.74) is -2.32. The number of carbonyl (C=O) groups excluding carboxylic acids is 1. The van der Waals surface area contributed by atoms with Gasteiger partial charge < -0.3 is 19.7 Å². The molecule has 0 saturated carbocycles. The molecule has 9 nitrogen and oxygen atoms in total. The molecule has 1 aliphatic rings. The van der Waals surface area contributed by atoms with Gasteiger partial charge in [0, 0.05) is 18.2 Å². The van der Waals surface area contributed by atoms with E-state index in [9.17, 15) is 24.6 Å². The maximum absolute atomic E-state index is 12.3. The Morgan fingerprint density at radius 3 is 2.70 bits per heavy atom. The number of rotatable bonds is 5. The third-order valence-corrected chi connectivity index (χ3v) is 4.51. The standard InChI is InChI=1S/C18H20N2O7/c1-11-8-20(17(25)19-15(11)23)18(7-13(22)14(9-21)27-18)10-26-16(24)12-5-3-2-4-6-12/h2-6,8,13-14,21-22H,7,9-10H2,1H3,(H,19,23,25)/t13-,14+,18-/m0/s1. The highest BCUT2D eigenvalue weighted by Crippen LogP contribution is 2.34. The summed E-state index contributed by atoms with van der Waals surface area (Å²) in [5.74, 6) is -0.630. The average molecular weight is 376 g/mol. The van der Waals surface area contributed by atoms with Crippen LogP contribution in [-0.2, 0) is 15.2 Å². The van der Waals surface area contributed by atoms with Gasteiger partial charge in [-0.15, -0.1) is 0 Å². The number of aliphatic hydroxyl groups excluding tert-OH is 2. The molecule has 9 heteroatoms. The molecule has 0 unspecified atom stereocenters. The van der Waals surface area contributed by atoms with Gasteiger partial charge in [0.2, 0.25) is 0 Å². The van der Waals surface area contributed by atoms with Gasteiger partial charge in [-0.1, -0.05) is 18.2 Å². The summed E-state index contributed by atoms with van der Waals surface area (Å²) in [6.07, 6.45) is -0.862. The highest BCUT2D eigenvalue weighted by Gasteiger charge is 2.49. The van der Waals surface area contributed by atoms with Crippen molar-refractivity contribution in [2.45, 2.75) is 31.3 Å². The van der Waals surface area contributed by atoms with Crippen molar-refractivity contribution < 1.29 is 24.5 Å². The Labute approximate surface area is 153 Å². The van der Waals surface area contributed by atoms with E-state index >= 15 is 0 Å². The van der Waals surface area contributed by atoms with Gasteiger partial charge in [0.25, 0.3) is 5.56 Å². The van der Waals surface area contributed by atoms with E-state index in [-0.39, 0.29) is 18.6 Å². The first-order chi connectivity index (χ1) is 12.9. The Morgan fingerprint density at radius 2 is 2.07 bits per heavy atom. The van der Waals surface area contributed by atoms with Crippen LogP contribution < -0.4 is 11.2 Å². The maximum atomic E-state index is 12.3. The molecule has 1 fully saturated rings. The van der Waals surface area contributed by atoms with Crippen LogP contribution >= 0.6 is 0 Å². The van der Waals surface area contributed by atoms with Gasteiger partial charge in [-0.3, -0.25) is 14.3 Å². The maximum Gasteiger partial charge on any atom is 0.338 e. The molecular weight excluding hydrogens is 356 g/mol. The highest BCUT2D eigenvalue weighted by molar-refractivity contribution is 5.89. The molecule has 3 rings (SSSR count). The third-order valence-electron chi connectivity index (χ3n) is 4.51. The zero-order chi connectivity index (χ0) is 19.6. The lowest BCUT2D eigenvalue weighted by Crippen LogP contribution is -2.48. The summed E-state index contributed by atoms with van der Waals surface area (Å²) in [5, 5.41) is 19.6. The Kier molecular flexibility index (Phi) is 5.26. The molecule has 2 heterocycles. The predicted octanol–water partition coefficient (Wildman–Crippen LogP) is -0.503. The second kappa shape index (κ2) is 7.47. The first kappa shape index (κ1) is 19.0. The molecule has 0 radical (unpaired) electrons. The molecule has 0 aliphatic carbocycles. The lowest BCUT2D eigenvalue weighted by molar-refractivity contribution is -0.144. The van der Waals surface area contributed by atoms with E-state index in [4.69, 9.17) is 9.47 Å². The van der Waals surface area contributed by atoms with Crippen LogP contribution in [-0.4, -0.2) is 51.2 Å². The quantitative estimate of drug-likeness (QED) is 0.600. The van der Waals surface area contributed by atoms with Gasteiger partial charge >= 0.3 is 11.7 Å². The van der Waals surface area contributed by atoms with E-state index < -0.39 is 41.8 Å². The molecule has 3 N–H and O–H groups in total. The summed E-state index contributed by atoms with van der Waals surface area (Å²) in [6, 6.07) is 8.27. The number of aromatic nitrogens is 2. The first-order valence-corrected chi connectivity index (χ1v) is 8.38. The Morgan fingerprint density at radius 1 is 1.37 bits per heavy atom. The van der Waals surface area contributed by atoms with Gasteiger partial charge in [0.1, 0.15) is 12.7 Å². The molecule has 0 spiro atoms. The largest absolute Gasteiger partial charge is 0.457 e. The van der Waals surface area contributed by atoms with Crippen molar-refractivity contribution in [1.29, 1.82) is 0 Å². The first-order valence-electron chi connectivity index (χ1n) is 8.38. The molecule has 1 aliphatic heterocycles. The number of esters is 1. The minimum absolute atomic E-state index is 0.105. The fourth-order valence-electron chi connectivity index (χ4n) is 3.05. The van der Waals surface area contributed by atoms with E-state index in [2.05, 4.69) is 4.98 Å². The van der Waals surface area contributed by atoms with E-state index in [1.54, 1.807) is 30.3 Å². The van der Waals surface area contributed by atoms with Crippen molar-refractivity contribution in [1.82, 2.24) is 9.55 Å². The number of hydrogen-bond donors (Lipinski definition) is 3. The van der Waals surface area contributed by atoms with Crippen LogP contribution in [0.1, 0.15) is 22.3 Å². The van der Waals surface area contributed by atoms with Crippen LogP contribution in [0.25, 0.3) is 0 Å². The van der Waals surface area contributed by atoms with Crippen LogP contribution in [0.5, 0.6) is 0 Å². The van der Waals surface area contributed by atoms with Crippen LogP contribution in [0.15, 0.2) is 46.1 Å². The number of carbonyl (C=O) groups is 1. The minimum Gasteiger partial charge on any atom is -0.457 e. The van der Waals surface area contributed by atoms with Crippen molar-refractivity contribution in [2.75, 3.05) is 13.2 Å². The van der Waals surface area contributed by atoms with Crippen molar-refractivity contribution in [3.05, 3.63) is 68.5 Å². The van der Waals surface area contributed by atoms with Crippen LogP contribution in [0.3, 0.4) is 0 Å². The van der Waals surface area contributed by atoms with Gasteiger partial charge in [-0.05, 0) is 19.1 Å². The molecule has 144 valence electrons. The van der Waals surface area contributed by atoms with Crippen molar-refractivity contribution in [2.24, 2.45) is 0 Å². The number of nitrogens with one attached hydrogen (secondary N) is 1. The Balaban J connectivity index is 1.95. The van der Waals surface area contributed by atoms with Crippen molar-refractivity contribution >= 4 is 5.97 Å². The molecular formula is C18H20N2O7. The molecule has 1 aromatic carbocycles. The fraction of sp³-hybridized carbons (Fsp3) is 0.389. The SMILES string of the molecule is Cc1cn([C@@]2(COC(=O)c3ccccc3)C[C@H](O)[C@@H](CO)O2)c(=O)[nH]c1=O. The number of nitrogens with zero attached hydrogens (tertiary/aromatic N) is 1. The molecule has 1 saturated heterocycles. The lowest BCUT2D eigenvalue weighted by atomic mass is 10.1. The molecule has 0 amide bonds. The van der Waals surface area contributed by atoms with Gasteiger partial charge in [-0.25, -0.2) is 9.59 Å². The number of H-pyrrole nitrogens is 1. The van der Waals surface area contributed by atoms with Crippen LogP contribution in [0, 0.1) is 6.92 Å². The predicted molar refractivity (Wildman–Crippen MR) is 93.3 cm³/mol. The molecule has 0 bridgehead atoms. The number of ether oxygens (including phenoxy) is 2. The van der Waals surface area contributed by atoms with E-state index in [0.29, 0.717) is 5.56 Å². The Hall–Kier alpha value is -2.75. The van der Waals surface area contributed by atoms with Gasteiger partial charge in [-0.2, -0.15) is 0 Å². The number of benzene rings is 1. The van der Waals surface area contributed by atoms with E-state index in [1.807, 2.05) is 0 Å². The average Bonchev–Trinajstić information content (AvgIpc) is 3.00. The van der Waals surface area contributed by atoms with Gasteiger partial charge in [0.15, 0.2) is 5.72 Å². The van der Waals surface area contributed by atoms with Crippen LogP contribution in [0.4, 0.5) is 0 Å².